The second kappa shape index (κ2) is 12.4. The highest BCUT2D eigenvalue weighted by molar-refractivity contribution is 5.83. The molecule has 0 amide bonds. The molecule has 3 atom stereocenters. The number of aromatic nitrogens is 1. The van der Waals surface area contributed by atoms with E-state index in [0.29, 0.717) is 18.3 Å². The van der Waals surface area contributed by atoms with E-state index in [1.54, 1.807) is 7.11 Å². The highest BCUT2D eigenvalue weighted by Crippen LogP contribution is 2.32. The summed E-state index contributed by atoms with van der Waals surface area (Å²) in [5.41, 5.74) is 2.12. The van der Waals surface area contributed by atoms with Crippen molar-refractivity contribution >= 4 is 10.9 Å². The molecule has 1 aliphatic rings. The van der Waals surface area contributed by atoms with Crippen molar-refractivity contribution in [2.45, 2.75) is 77.7 Å². The molecule has 0 saturated carbocycles. The number of unbranched alkanes of at least 4 members (excludes halogenated alkanes) is 4. The summed E-state index contributed by atoms with van der Waals surface area (Å²) >= 11 is 0. The molecule has 1 aromatic carbocycles. The molecule has 1 unspecified atom stereocenters. The lowest BCUT2D eigenvalue weighted by molar-refractivity contribution is 0.0658. The van der Waals surface area contributed by atoms with Crippen LogP contribution in [0.3, 0.4) is 0 Å². The summed E-state index contributed by atoms with van der Waals surface area (Å²) in [6.45, 7) is 8.24. The number of pyridine rings is 1. The monoisotopic (exact) mass is 426 g/mol. The number of hydrogen-bond donors (Lipinski definition) is 1. The average Bonchev–Trinajstić information content (AvgIpc) is 2.79. The van der Waals surface area contributed by atoms with Gasteiger partial charge in [0.15, 0.2) is 0 Å². The molecule has 0 aliphatic carbocycles. The number of methoxy groups -OCH3 is 1. The Morgan fingerprint density at radius 1 is 1.13 bits per heavy atom. The van der Waals surface area contributed by atoms with E-state index in [-0.39, 0.29) is 6.10 Å². The molecule has 1 fully saturated rings. The molecule has 2 aromatic rings. The lowest BCUT2D eigenvalue weighted by atomic mass is 9.79. The SMILES string of the molecule is CCCCCCCN1CC[C@@H](CC(O)Cc2ccnc3ccc(OC)cc23)[C@@H](CC)C1. The Balaban J connectivity index is 1.53. The first kappa shape index (κ1) is 24.0. The third kappa shape index (κ3) is 6.92. The predicted octanol–water partition coefficient (Wildman–Crippen LogP) is 5.86. The number of fused-ring (bicyclic) bond motifs is 1. The van der Waals surface area contributed by atoms with Gasteiger partial charge in [-0.3, -0.25) is 4.98 Å². The zero-order valence-electron chi connectivity index (χ0n) is 19.9. The number of hydrogen-bond acceptors (Lipinski definition) is 4. The van der Waals surface area contributed by atoms with Crippen LogP contribution in [0.1, 0.15) is 70.8 Å². The second-order valence-corrected chi connectivity index (χ2v) is 9.38. The van der Waals surface area contributed by atoms with E-state index in [1.807, 2.05) is 30.5 Å². The normalized spacial score (nSPS) is 20.8. The maximum absolute atomic E-state index is 11.0. The van der Waals surface area contributed by atoms with E-state index in [9.17, 15) is 5.11 Å². The van der Waals surface area contributed by atoms with E-state index < -0.39 is 0 Å². The first-order valence-electron chi connectivity index (χ1n) is 12.5. The smallest absolute Gasteiger partial charge is 0.119 e. The molecule has 0 bridgehead atoms. The van der Waals surface area contributed by atoms with Gasteiger partial charge in [0.25, 0.3) is 0 Å². The van der Waals surface area contributed by atoms with Crippen molar-refractivity contribution in [1.82, 2.24) is 9.88 Å². The Morgan fingerprint density at radius 3 is 2.74 bits per heavy atom. The van der Waals surface area contributed by atoms with Gasteiger partial charge in [0.2, 0.25) is 0 Å². The van der Waals surface area contributed by atoms with Crippen molar-refractivity contribution in [2.75, 3.05) is 26.7 Å². The van der Waals surface area contributed by atoms with Crippen molar-refractivity contribution < 1.29 is 9.84 Å². The fourth-order valence-electron chi connectivity index (χ4n) is 5.24. The number of aliphatic hydroxyl groups excluding tert-OH is 1. The van der Waals surface area contributed by atoms with Crippen molar-refractivity contribution in [3.05, 3.63) is 36.0 Å². The molecule has 31 heavy (non-hydrogen) atoms. The molecular weight excluding hydrogens is 384 g/mol. The maximum Gasteiger partial charge on any atom is 0.119 e. The first-order valence-corrected chi connectivity index (χ1v) is 12.5. The lowest BCUT2D eigenvalue weighted by Gasteiger charge is -2.39. The van der Waals surface area contributed by atoms with Crippen LogP contribution in [0, 0.1) is 11.8 Å². The molecule has 4 heteroatoms. The van der Waals surface area contributed by atoms with E-state index in [2.05, 4.69) is 23.7 Å². The minimum absolute atomic E-state index is 0.309. The molecule has 1 aromatic heterocycles. The lowest BCUT2D eigenvalue weighted by Crippen LogP contribution is -2.41. The number of rotatable bonds is 12. The van der Waals surface area contributed by atoms with Gasteiger partial charge < -0.3 is 14.7 Å². The van der Waals surface area contributed by atoms with Gasteiger partial charge in [0.1, 0.15) is 5.75 Å². The van der Waals surface area contributed by atoms with Gasteiger partial charge in [-0.15, -0.1) is 0 Å². The van der Waals surface area contributed by atoms with Crippen LogP contribution in [0.4, 0.5) is 0 Å². The van der Waals surface area contributed by atoms with Crippen molar-refractivity contribution in [3.63, 3.8) is 0 Å². The second-order valence-electron chi connectivity index (χ2n) is 9.38. The Morgan fingerprint density at radius 2 is 1.97 bits per heavy atom. The molecule has 1 saturated heterocycles. The van der Waals surface area contributed by atoms with Gasteiger partial charge >= 0.3 is 0 Å². The number of benzene rings is 1. The van der Waals surface area contributed by atoms with Gasteiger partial charge in [-0.2, -0.15) is 0 Å². The Labute approximate surface area is 189 Å². The van der Waals surface area contributed by atoms with Crippen LogP contribution in [0.15, 0.2) is 30.5 Å². The van der Waals surface area contributed by atoms with E-state index in [0.717, 1.165) is 28.6 Å². The predicted molar refractivity (Wildman–Crippen MR) is 130 cm³/mol. The Kier molecular flexibility index (Phi) is 9.60. The summed E-state index contributed by atoms with van der Waals surface area (Å²) in [6, 6.07) is 8.02. The van der Waals surface area contributed by atoms with Gasteiger partial charge in [-0.1, -0.05) is 46.0 Å². The van der Waals surface area contributed by atoms with Crippen LogP contribution in [0.25, 0.3) is 10.9 Å². The van der Waals surface area contributed by atoms with Gasteiger partial charge in [0, 0.05) is 18.1 Å². The molecule has 1 aliphatic heterocycles. The van der Waals surface area contributed by atoms with Crippen LogP contribution >= 0.6 is 0 Å². The van der Waals surface area contributed by atoms with Crippen molar-refractivity contribution in [3.8, 4) is 5.75 Å². The zero-order valence-corrected chi connectivity index (χ0v) is 19.9. The van der Waals surface area contributed by atoms with Crippen LogP contribution in [0.5, 0.6) is 5.75 Å². The van der Waals surface area contributed by atoms with E-state index >= 15 is 0 Å². The average molecular weight is 427 g/mol. The molecule has 1 N–H and O–H groups in total. The summed E-state index contributed by atoms with van der Waals surface area (Å²) < 4.78 is 5.39. The highest BCUT2D eigenvalue weighted by Gasteiger charge is 2.29. The standard InChI is InChI=1S/C27H42N2O2/c1-4-6-7-8-9-15-29-16-13-22(21(5-2)20-29)17-24(30)18-23-12-14-28-27-11-10-25(31-3)19-26(23)27/h10-12,14,19,21-22,24,30H,4-9,13,15-18,20H2,1-3H3/t21-,22-,24?/m0/s1. The largest absolute Gasteiger partial charge is 0.497 e. The summed E-state index contributed by atoms with van der Waals surface area (Å²) in [4.78, 5) is 7.14. The zero-order chi connectivity index (χ0) is 22.1. The third-order valence-electron chi connectivity index (χ3n) is 7.15. The summed E-state index contributed by atoms with van der Waals surface area (Å²) in [5.74, 6) is 2.16. The molecule has 3 rings (SSSR count). The molecule has 2 heterocycles. The Bertz CT molecular complexity index is 794. The van der Waals surface area contributed by atoms with Crippen LogP contribution in [0.2, 0.25) is 0 Å². The minimum atomic E-state index is -0.309. The molecule has 4 nitrogen and oxygen atoms in total. The molecular formula is C27H42N2O2. The van der Waals surface area contributed by atoms with E-state index in [1.165, 1.54) is 64.6 Å². The molecule has 0 spiro atoms. The van der Waals surface area contributed by atoms with Gasteiger partial charge in [0.05, 0.1) is 18.7 Å². The number of nitrogens with zero attached hydrogens (tertiary/aromatic N) is 2. The van der Waals surface area contributed by atoms with Crippen molar-refractivity contribution in [1.29, 1.82) is 0 Å². The quantitative estimate of drug-likeness (QED) is 0.432. The number of piperidine rings is 1. The van der Waals surface area contributed by atoms with Crippen LogP contribution < -0.4 is 4.74 Å². The summed E-state index contributed by atoms with van der Waals surface area (Å²) in [5, 5.41) is 12.1. The maximum atomic E-state index is 11.0. The molecule has 0 radical (unpaired) electrons. The Hall–Kier alpha value is -1.65. The van der Waals surface area contributed by atoms with Crippen molar-refractivity contribution in [2.24, 2.45) is 11.8 Å². The number of ether oxygens (including phenoxy) is 1. The molecule has 172 valence electrons. The third-order valence-corrected chi connectivity index (χ3v) is 7.15. The van der Waals surface area contributed by atoms with Gasteiger partial charge in [-0.05, 0) is 80.4 Å². The fraction of sp³-hybridized carbons (Fsp3) is 0.667. The highest BCUT2D eigenvalue weighted by atomic mass is 16.5. The minimum Gasteiger partial charge on any atom is -0.497 e. The summed E-state index contributed by atoms with van der Waals surface area (Å²) in [6.07, 6.45) is 12.3. The van der Waals surface area contributed by atoms with Crippen LogP contribution in [-0.2, 0) is 6.42 Å². The number of likely N-dealkylation sites (tertiary alicyclic amines) is 1. The van der Waals surface area contributed by atoms with E-state index in [4.69, 9.17) is 4.74 Å². The number of aliphatic hydroxyl groups is 1. The van der Waals surface area contributed by atoms with Crippen LogP contribution in [-0.4, -0.2) is 47.8 Å². The first-order chi connectivity index (χ1) is 15.1. The topological polar surface area (TPSA) is 45.6 Å². The van der Waals surface area contributed by atoms with Gasteiger partial charge in [-0.25, -0.2) is 0 Å². The summed E-state index contributed by atoms with van der Waals surface area (Å²) in [7, 11) is 1.69. The fourth-order valence-corrected chi connectivity index (χ4v) is 5.24.